The van der Waals surface area contributed by atoms with E-state index in [1.54, 1.807) is 6.07 Å². The number of nitriles is 1. The van der Waals surface area contributed by atoms with Crippen molar-refractivity contribution in [3.63, 3.8) is 0 Å². The fourth-order valence-corrected chi connectivity index (χ4v) is 3.52. The number of carbonyl (C=O) groups is 1. The van der Waals surface area contributed by atoms with Gasteiger partial charge in [-0.05, 0) is 52.2 Å². The van der Waals surface area contributed by atoms with Gasteiger partial charge in [0.2, 0.25) is 5.91 Å². The van der Waals surface area contributed by atoms with Crippen molar-refractivity contribution in [2.24, 2.45) is 10.9 Å². The second-order valence-electron chi connectivity index (χ2n) is 7.11. The van der Waals surface area contributed by atoms with Gasteiger partial charge in [-0.1, -0.05) is 19.1 Å². The third kappa shape index (κ3) is 5.20. The van der Waals surface area contributed by atoms with E-state index in [1.165, 1.54) is 0 Å². The fraction of sp³-hybridized carbons (Fsp3) is 0.500. The van der Waals surface area contributed by atoms with Crippen LogP contribution in [0.3, 0.4) is 0 Å². The van der Waals surface area contributed by atoms with Crippen molar-refractivity contribution in [2.45, 2.75) is 26.7 Å². The maximum atomic E-state index is 12.4. The van der Waals surface area contributed by atoms with Crippen molar-refractivity contribution in [1.82, 2.24) is 10.2 Å². The summed E-state index contributed by atoms with van der Waals surface area (Å²) in [6.07, 6.45) is 5.56. The molecule has 28 heavy (non-hydrogen) atoms. The first-order valence-corrected chi connectivity index (χ1v) is 9.93. The van der Waals surface area contributed by atoms with Crippen molar-refractivity contribution >= 4 is 30.1 Å². The average molecular weight is 382 g/mol. The highest BCUT2D eigenvalue weighted by atomic mass is 16.1. The van der Waals surface area contributed by atoms with Crippen LogP contribution >= 0.6 is 0 Å². The number of piperidine rings is 1. The minimum Gasteiger partial charge on any atom is -0.371 e. The molecule has 1 amide bonds. The molecule has 150 valence electrons. The number of rotatable bonds is 8. The zero-order valence-electron chi connectivity index (χ0n) is 17.2. The number of nitrogens with one attached hydrogen (secondary N) is 1. The molecule has 1 heterocycles. The van der Waals surface area contributed by atoms with Crippen LogP contribution in [0.5, 0.6) is 0 Å². The minimum absolute atomic E-state index is 0.0590. The molecule has 0 spiro atoms. The van der Waals surface area contributed by atoms with E-state index < -0.39 is 0 Å². The summed E-state index contributed by atoms with van der Waals surface area (Å²) in [5.41, 5.74) is 3.11. The first-order chi connectivity index (χ1) is 13.5. The monoisotopic (exact) mass is 381 g/mol. The third-order valence-corrected chi connectivity index (χ3v) is 5.34. The van der Waals surface area contributed by atoms with Crippen LogP contribution in [-0.2, 0) is 4.79 Å². The van der Waals surface area contributed by atoms with E-state index in [0.29, 0.717) is 17.8 Å². The number of benzene rings is 1. The number of hydrogen-bond donors (Lipinski definition) is 1. The second-order valence-corrected chi connectivity index (χ2v) is 7.11. The lowest BCUT2D eigenvalue weighted by Gasteiger charge is -2.34. The molecule has 0 atom stereocenters. The molecule has 0 radical (unpaired) electrons. The second kappa shape index (κ2) is 10.6. The number of amides is 1. The molecule has 1 N–H and O–H groups in total. The van der Waals surface area contributed by atoms with Gasteiger partial charge in [-0.15, -0.1) is 0 Å². The van der Waals surface area contributed by atoms with Crippen molar-refractivity contribution in [3.05, 3.63) is 29.3 Å². The first-order valence-electron chi connectivity index (χ1n) is 9.93. The summed E-state index contributed by atoms with van der Waals surface area (Å²) in [5.74, 6) is 0.217. The summed E-state index contributed by atoms with van der Waals surface area (Å²) in [4.78, 5) is 21.0. The lowest BCUT2D eigenvalue weighted by atomic mass is 9.94. The van der Waals surface area contributed by atoms with Crippen LogP contribution in [0.1, 0.15) is 37.8 Å². The predicted molar refractivity (Wildman–Crippen MR) is 116 cm³/mol. The highest BCUT2D eigenvalue weighted by Crippen LogP contribution is 2.35. The molecule has 2 rings (SSSR count). The molecule has 0 aromatic heterocycles. The fourth-order valence-electron chi connectivity index (χ4n) is 3.52. The molecule has 0 unspecified atom stereocenters. The predicted octanol–water partition coefficient (Wildman–Crippen LogP) is 3.21. The number of anilines is 1. The van der Waals surface area contributed by atoms with Gasteiger partial charge >= 0.3 is 0 Å². The number of likely N-dealkylation sites (N-methyl/N-ethyl adjacent to an activating group) is 1. The van der Waals surface area contributed by atoms with Crippen LogP contribution in [0.15, 0.2) is 23.2 Å². The van der Waals surface area contributed by atoms with Gasteiger partial charge in [0.05, 0.1) is 11.3 Å². The van der Waals surface area contributed by atoms with Gasteiger partial charge in [0.15, 0.2) is 0 Å². The summed E-state index contributed by atoms with van der Waals surface area (Å²) in [7, 11) is 2.05. The lowest BCUT2D eigenvalue weighted by molar-refractivity contribution is -0.125. The highest BCUT2D eigenvalue weighted by Gasteiger charge is 2.26. The molecular weight excluding hydrogens is 350 g/mol. The summed E-state index contributed by atoms with van der Waals surface area (Å²) in [5, 5.41) is 12.4. The number of carbonyl (C=O) groups excluding carboxylic acids is 1. The number of nitrogens with zero attached hydrogens (tertiary/aromatic N) is 4. The van der Waals surface area contributed by atoms with Crippen LogP contribution in [-0.4, -0.2) is 57.3 Å². The quantitative estimate of drug-likeness (QED) is 0.702. The summed E-state index contributed by atoms with van der Waals surface area (Å²) >= 11 is 0. The van der Waals surface area contributed by atoms with Gasteiger partial charge < -0.3 is 15.1 Å². The molecule has 1 aliphatic heterocycles. The summed E-state index contributed by atoms with van der Waals surface area (Å²) in [6.45, 7) is 11.9. The Bertz CT molecular complexity index is 757. The van der Waals surface area contributed by atoms with E-state index in [9.17, 15) is 10.1 Å². The third-order valence-electron chi connectivity index (χ3n) is 5.34. The number of aliphatic imine (C=N–C) groups is 1. The zero-order valence-corrected chi connectivity index (χ0v) is 17.2. The lowest BCUT2D eigenvalue weighted by Crippen LogP contribution is -2.42. The van der Waals surface area contributed by atoms with Crippen LogP contribution in [0.2, 0.25) is 0 Å². The molecule has 1 aromatic rings. The van der Waals surface area contributed by atoms with E-state index >= 15 is 0 Å². The van der Waals surface area contributed by atoms with E-state index in [4.69, 9.17) is 0 Å². The van der Waals surface area contributed by atoms with E-state index in [-0.39, 0.29) is 11.8 Å². The Balaban J connectivity index is 2.04. The molecule has 0 bridgehead atoms. The normalized spacial score (nSPS) is 15.0. The van der Waals surface area contributed by atoms with Crippen LogP contribution < -0.4 is 10.2 Å². The van der Waals surface area contributed by atoms with Crippen molar-refractivity contribution in [3.8, 4) is 6.07 Å². The summed E-state index contributed by atoms with van der Waals surface area (Å²) < 4.78 is 0. The Kier molecular flexibility index (Phi) is 8.21. The number of allylic oxidation sites excluding steroid dienone is 1. The maximum Gasteiger partial charge on any atom is 0.223 e. The molecule has 6 heteroatoms. The molecule has 1 aliphatic rings. The molecule has 0 saturated carbocycles. The molecule has 0 aliphatic carbocycles. The number of hydrogen-bond acceptors (Lipinski definition) is 5. The van der Waals surface area contributed by atoms with Gasteiger partial charge in [0, 0.05) is 43.3 Å². The molecule has 1 fully saturated rings. The standard InChI is InChI=1S/C22H31N5O/c1-5-7-19-20(9-8-18(16-23)21(19)24-3)27-13-10-17(11-14-27)22(28)25-12-15-26(4)6-2/h5,7-9,17H,3,6,10-15H2,1-2,4H3,(H,25,28)/b7-5-. The molecule has 6 nitrogen and oxygen atoms in total. The summed E-state index contributed by atoms with van der Waals surface area (Å²) in [6, 6.07) is 5.96. The van der Waals surface area contributed by atoms with E-state index in [0.717, 1.165) is 50.3 Å². The highest BCUT2D eigenvalue weighted by molar-refractivity contribution is 5.82. The Morgan fingerprint density at radius 2 is 2.18 bits per heavy atom. The van der Waals surface area contributed by atoms with E-state index in [2.05, 4.69) is 46.9 Å². The SMILES string of the molecule is C=Nc1c(C#N)ccc(N2CCC(C(=O)NCCN(C)CC)CC2)c1/C=C\C. The van der Waals surface area contributed by atoms with Gasteiger partial charge in [0.1, 0.15) is 6.07 Å². The largest absolute Gasteiger partial charge is 0.371 e. The Morgan fingerprint density at radius 3 is 2.75 bits per heavy atom. The molecule has 1 saturated heterocycles. The molecule has 1 aromatic carbocycles. The van der Waals surface area contributed by atoms with Gasteiger partial charge in [-0.25, -0.2) is 0 Å². The van der Waals surface area contributed by atoms with Crippen LogP contribution in [0, 0.1) is 17.2 Å². The van der Waals surface area contributed by atoms with Gasteiger partial charge in [-0.2, -0.15) is 5.26 Å². The minimum atomic E-state index is 0.0590. The maximum absolute atomic E-state index is 12.4. The Labute approximate surface area is 168 Å². The topological polar surface area (TPSA) is 71.7 Å². The van der Waals surface area contributed by atoms with Crippen LogP contribution in [0.4, 0.5) is 11.4 Å². The van der Waals surface area contributed by atoms with Crippen LogP contribution in [0.25, 0.3) is 6.08 Å². The van der Waals surface area contributed by atoms with Crippen molar-refractivity contribution < 1.29 is 4.79 Å². The Morgan fingerprint density at radius 1 is 1.46 bits per heavy atom. The van der Waals surface area contributed by atoms with E-state index in [1.807, 2.05) is 25.1 Å². The average Bonchev–Trinajstić information content (AvgIpc) is 2.73. The van der Waals surface area contributed by atoms with Gasteiger partial charge in [0.25, 0.3) is 0 Å². The van der Waals surface area contributed by atoms with Gasteiger partial charge in [-0.3, -0.25) is 9.79 Å². The van der Waals surface area contributed by atoms with Crippen molar-refractivity contribution in [2.75, 3.05) is 44.7 Å². The Hall–Kier alpha value is -2.65. The smallest absolute Gasteiger partial charge is 0.223 e. The van der Waals surface area contributed by atoms with Crippen molar-refractivity contribution in [1.29, 1.82) is 5.26 Å². The zero-order chi connectivity index (χ0) is 20.5. The molecular formula is C22H31N5O. The first kappa shape index (κ1) is 21.6.